The average molecular weight is 313 g/mol. The molecule has 2 nitrogen and oxygen atoms in total. The molecule has 3 rings (SSSR count). The summed E-state index contributed by atoms with van der Waals surface area (Å²) in [6.07, 6.45) is 3.03. The van der Waals surface area contributed by atoms with Gasteiger partial charge in [0.1, 0.15) is 11.6 Å². The van der Waals surface area contributed by atoms with Gasteiger partial charge in [0.15, 0.2) is 0 Å². The molecule has 0 fully saturated rings. The van der Waals surface area contributed by atoms with E-state index < -0.39 is 0 Å². The van der Waals surface area contributed by atoms with Crippen LogP contribution in [0.4, 0.5) is 4.39 Å². The number of aromatic hydroxyl groups is 1. The van der Waals surface area contributed by atoms with Gasteiger partial charge in [0.05, 0.1) is 0 Å². The first-order chi connectivity index (χ1) is 11.0. The minimum absolute atomic E-state index is 0.0385. The van der Waals surface area contributed by atoms with E-state index in [4.69, 9.17) is 0 Å². The molecule has 2 aromatic carbocycles. The van der Waals surface area contributed by atoms with E-state index in [1.807, 2.05) is 26.0 Å². The van der Waals surface area contributed by atoms with Gasteiger partial charge in [-0.25, -0.2) is 4.39 Å². The summed E-state index contributed by atoms with van der Waals surface area (Å²) in [5.41, 5.74) is 5.40. The van der Waals surface area contributed by atoms with Crippen molar-refractivity contribution in [3.05, 3.63) is 64.0 Å². The Morgan fingerprint density at radius 1 is 1.22 bits per heavy atom. The summed E-state index contributed by atoms with van der Waals surface area (Å²) < 4.78 is 13.4. The molecule has 0 saturated carbocycles. The number of phenolic OH excluding ortho intramolecular Hbond substituents is 1. The number of hydrogen-bond acceptors (Lipinski definition) is 2. The first-order valence-electron chi connectivity index (χ1n) is 8.30. The molecule has 2 N–H and O–H groups in total. The van der Waals surface area contributed by atoms with Crippen LogP contribution in [0.1, 0.15) is 59.7 Å². The second kappa shape index (κ2) is 6.32. The topological polar surface area (TPSA) is 32.3 Å². The summed E-state index contributed by atoms with van der Waals surface area (Å²) in [4.78, 5) is 0. The number of halogens is 1. The minimum atomic E-state index is -0.163. The molecule has 2 atom stereocenters. The van der Waals surface area contributed by atoms with Gasteiger partial charge in [-0.15, -0.1) is 0 Å². The SMILES string of the molecule is Cc1cc(C)c([C@H](C)N[C@H]2CCCc3cc(F)ccc32)c(O)c1. The minimum Gasteiger partial charge on any atom is -0.508 e. The van der Waals surface area contributed by atoms with E-state index in [0.717, 1.165) is 41.5 Å². The van der Waals surface area contributed by atoms with E-state index >= 15 is 0 Å². The zero-order valence-electron chi connectivity index (χ0n) is 14.0. The lowest BCUT2D eigenvalue weighted by Crippen LogP contribution is -2.28. The zero-order chi connectivity index (χ0) is 16.6. The molecule has 0 aromatic heterocycles. The third-order valence-corrected chi connectivity index (χ3v) is 4.81. The van der Waals surface area contributed by atoms with Gasteiger partial charge < -0.3 is 10.4 Å². The first-order valence-corrected chi connectivity index (χ1v) is 8.30. The second-order valence-corrected chi connectivity index (χ2v) is 6.69. The van der Waals surface area contributed by atoms with Gasteiger partial charge in [0.2, 0.25) is 0 Å². The molecule has 3 heteroatoms. The van der Waals surface area contributed by atoms with Gasteiger partial charge in [0.25, 0.3) is 0 Å². The Balaban J connectivity index is 1.86. The van der Waals surface area contributed by atoms with Gasteiger partial charge >= 0.3 is 0 Å². The molecule has 0 saturated heterocycles. The molecule has 0 heterocycles. The van der Waals surface area contributed by atoms with E-state index in [1.165, 1.54) is 11.6 Å². The van der Waals surface area contributed by atoms with Crippen molar-refractivity contribution in [1.82, 2.24) is 5.32 Å². The van der Waals surface area contributed by atoms with Gasteiger partial charge in [-0.1, -0.05) is 12.1 Å². The van der Waals surface area contributed by atoms with Crippen molar-refractivity contribution in [2.45, 2.75) is 52.1 Å². The van der Waals surface area contributed by atoms with Crippen molar-refractivity contribution in [2.75, 3.05) is 0 Å². The van der Waals surface area contributed by atoms with Crippen LogP contribution < -0.4 is 5.32 Å². The smallest absolute Gasteiger partial charge is 0.123 e. The van der Waals surface area contributed by atoms with E-state index in [0.29, 0.717) is 5.75 Å². The highest BCUT2D eigenvalue weighted by atomic mass is 19.1. The number of fused-ring (bicyclic) bond motifs is 1. The van der Waals surface area contributed by atoms with Crippen molar-refractivity contribution in [3.8, 4) is 5.75 Å². The molecule has 0 unspecified atom stereocenters. The fraction of sp³-hybridized carbons (Fsp3) is 0.400. The van der Waals surface area contributed by atoms with Crippen molar-refractivity contribution in [2.24, 2.45) is 0 Å². The summed E-state index contributed by atoms with van der Waals surface area (Å²) in [6, 6.07) is 9.24. The summed E-state index contributed by atoms with van der Waals surface area (Å²) in [5.74, 6) is 0.183. The maximum atomic E-state index is 13.4. The Labute approximate surface area is 137 Å². The molecular formula is C20H24FNO. The Hall–Kier alpha value is -1.87. The third kappa shape index (κ3) is 3.25. The van der Waals surface area contributed by atoms with E-state index in [9.17, 15) is 9.50 Å². The van der Waals surface area contributed by atoms with E-state index in [1.54, 1.807) is 6.07 Å². The molecule has 0 spiro atoms. The monoisotopic (exact) mass is 313 g/mol. The van der Waals surface area contributed by atoms with Gasteiger partial charge in [-0.05, 0) is 80.5 Å². The highest BCUT2D eigenvalue weighted by Crippen LogP contribution is 2.35. The molecular weight excluding hydrogens is 289 g/mol. The largest absolute Gasteiger partial charge is 0.508 e. The Morgan fingerprint density at radius 3 is 2.74 bits per heavy atom. The predicted octanol–water partition coefficient (Wildman–Crippen LogP) is 4.88. The van der Waals surface area contributed by atoms with Crippen LogP contribution in [-0.4, -0.2) is 5.11 Å². The predicted molar refractivity (Wildman–Crippen MR) is 91.2 cm³/mol. The third-order valence-electron chi connectivity index (χ3n) is 4.81. The number of rotatable bonds is 3. The maximum Gasteiger partial charge on any atom is 0.123 e. The number of aryl methyl sites for hydroxylation is 3. The number of benzene rings is 2. The zero-order valence-corrected chi connectivity index (χ0v) is 14.0. The summed E-state index contributed by atoms with van der Waals surface area (Å²) >= 11 is 0. The Morgan fingerprint density at radius 2 is 2.00 bits per heavy atom. The lowest BCUT2D eigenvalue weighted by molar-refractivity contribution is 0.398. The van der Waals surface area contributed by atoms with Gasteiger partial charge in [-0.3, -0.25) is 0 Å². The van der Waals surface area contributed by atoms with Gasteiger partial charge in [-0.2, -0.15) is 0 Å². The van der Waals surface area contributed by atoms with Crippen LogP contribution in [0.25, 0.3) is 0 Å². The molecule has 23 heavy (non-hydrogen) atoms. The molecule has 0 radical (unpaired) electrons. The highest BCUT2D eigenvalue weighted by Gasteiger charge is 2.24. The van der Waals surface area contributed by atoms with Crippen LogP contribution in [0.5, 0.6) is 5.75 Å². The lowest BCUT2D eigenvalue weighted by atomic mass is 9.86. The molecule has 1 aliphatic rings. The molecule has 1 aliphatic carbocycles. The first kappa shape index (κ1) is 16.0. The van der Waals surface area contributed by atoms with Crippen LogP contribution >= 0.6 is 0 Å². The van der Waals surface area contributed by atoms with Crippen molar-refractivity contribution < 1.29 is 9.50 Å². The molecule has 122 valence electrons. The molecule has 0 aliphatic heterocycles. The van der Waals surface area contributed by atoms with Gasteiger partial charge in [0, 0.05) is 17.6 Å². The molecule has 2 aromatic rings. The van der Waals surface area contributed by atoms with Crippen LogP contribution in [-0.2, 0) is 6.42 Å². The standard InChI is InChI=1S/C20H24FNO/c1-12-9-13(2)20(19(23)10-12)14(3)22-18-6-4-5-15-11-16(21)7-8-17(15)18/h7-11,14,18,22-23H,4-6H2,1-3H3/t14-,18-/m0/s1. The fourth-order valence-electron chi connectivity index (χ4n) is 3.86. The van der Waals surface area contributed by atoms with Crippen LogP contribution in [0, 0.1) is 19.7 Å². The van der Waals surface area contributed by atoms with Crippen LogP contribution in [0.2, 0.25) is 0 Å². The molecule has 0 amide bonds. The summed E-state index contributed by atoms with van der Waals surface area (Å²) in [5, 5.41) is 13.9. The number of hydrogen-bond donors (Lipinski definition) is 2. The van der Waals surface area contributed by atoms with Crippen molar-refractivity contribution in [1.29, 1.82) is 0 Å². The Kier molecular flexibility index (Phi) is 4.40. The van der Waals surface area contributed by atoms with Crippen molar-refractivity contribution in [3.63, 3.8) is 0 Å². The highest BCUT2D eigenvalue weighted by molar-refractivity contribution is 5.44. The number of phenols is 1. The van der Waals surface area contributed by atoms with E-state index in [-0.39, 0.29) is 17.9 Å². The fourth-order valence-corrected chi connectivity index (χ4v) is 3.86. The van der Waals surface area contributed by atoms with E-state index in [2.05, 4.69) is 18.3 Å². The Bertz CT molecular complexity index is 703. The van der Waals surface area contributed by atoms with Crippen LogP contribution in [0.3, 0.4) is 0 Å². The average Bonchev–Trinajstić information content (AvgIpc) is 2.46. The second-order valence-electron chi connectivity index (χ2n) is 6.69. The normalized spacial score (nSPS) is 18.5. The van der Waals surface area contributed by atoms with Crippen LogP contribution in [0.15, 0.2) is 30.3 Å². The number of nitrogens with one attached hydrogen (secondary N) is 1. The van der Waals surface area contributed by atoms with Crippen molar-refractivity contribution >= 4 is 0 Å². The molecule has 0 bridgehead atoms. The quantitative estimate of drug-likeness (QED) is 0.846. The lowest BCUT2D eigenvalue weighted by Gasteiger charge is -2.30. The maximum absolute atomic E-state index is 13.4. The summed E-state index contributed by atoms with van der Waals surface area (Å²) in [6.45, 7) is 6.10. The summed E-state index contributed by atoms with van der Waals surface area (Å²) in [7, 11) is 0.